The third kappa shape index (κ3) is 3.98. The molecule has 0 spiro atoms. The summed E-state index contributed by atoms with van der Waals surface area (Å²) in [4.78, 5) is 12.8. The third-order valence-corrected chi connectivity index (χ3v) is 5.16. The molecule has 2 heterocycles. The van der Waals surface area contributed by atoms with Crippen LogP contribution in [0.5, 0.6) is 0 Å². The Balaban J connectivity index is 1.88. The van der Waals surface area contributed by atoms with Crippen LogP contribution in [0.3, 0.4) is 0 Å². The maximum atomic E-state index is 11.9. The zero-order valence-electron chi connectivity index (χ0n) is 10.7. The molecule has 1 aromatic heterocycles. The number of carbonyl (C=O) groups is 1. The third-order valence-electron chi connectivity index (χ3n) is 2.88. The van der Waals surface area contributed by atoms with E-state index < -0.39 is 21.8 Å². The minimum atomic E-state index is -3.79. The maximum Gasteiger partial charge on any atom is 0.371 e. The molecule has 7 nitrogen and oxygen atoms in total. The number of aromatic carboxylic acids is 1. The second-order valence-electron chi connectivity index (χ2n) is 4.28. The average Bonchev–Trinajstić information content (AvgIpc) is 2.90. The Bertz CT molecular complexity index is 563. The van der Waals surface area contributed by atoms with Crippen molar-refractivity contribution >= 4 is 27.8 Å². The Kier molecular flexibility index (Phi) is 5.08. The Hall–Kier alpha value is -1.03. The lowest BCUT2D eigenvalue weighted by Crippen LogP contribution is -2.39. The summed E-state index contributed by atoms with van der Waals surface area (Å²) in [5, 5.41) is 8.32. The summed E-state index contributed by atoms with van der Waals surface area (Å²) < 4.78 is 31.0. The van der Waals surface area contributed by atoms with Gasteiger partial charge >= 0.3 is 5.97 Å². The molecule has 9 heteroatoms. The van der Waals surface area contributed by atoms with Crippen LogP contribution in [-0.4, -0.2) is 62.1 Å². The molecule has 0 aromatic carbocycles. The summed E-state index contributed by atoms with van der Waals surface area (Å²) in [6.45, 7) is 2.81. The lowest BCUT2D eigenvalue weighted by atomic mass is 10.5. The van der Waals surface area contributed by atoms with Gasteiger partial charge in [-0.2, -0.15) is 11.8 Å². The minimum Gasteiger partial charge on any atom is -0.475 e. The summed E-state index contributed by atoms with van der Waals surface area (Å²) in [6, 6.07) is 2.27. The molecule has 0 bridgehead atoms. The van der Waals surface area contributed by atoms with Gasteiger partial charge in [-0.15, -0.1) is 0 Å². The molecule has 2 N–H and O–H groups in total. The molecule has 0 radical (unpaired) electrons. The van der Waals surface area contributed by atoms with Crippen molar-refractivity contribution < 1.29 is 22.7 Å². The van der Waals surface area contributed by atoms with Crippen molar-refractivity contribution in [1.29, 1.82) is 0 Å². The van der Waals surface area contributed by atoms with E-state index >= 15 is 0 Å². The predicted octanol–water partition coefficient (Wildman–Crippen LogP) is 0.305. The molecule has 20 heavy (non-hydrogen) atoms. The van der Waals surface area contributed by atoms with Gasteiger partial charge in [-0.05, 0) is 12.1 Å². The molecule has 0 amide bonds. The predicted molar refractivity (Wildman–Crippen MR) is 74.6 cm³/mol. The van der Waals surface area contributed by atoms with E-state index in [1.54, 1.807) is 0 Å². The summed E-state index contributed by atoms with van der Waals surface area (Å²) in [6.07, 6.45) is 0. The van der Waals surface area contributed by atoms with Crippen LogP contribution >= 0.6 is 11.8 Å². The van der Waals surface area contributed by atoms with E-state index in [-0.39, 0.29) is 11.6 Å². The highest BCUT2D eigenvalue weighted by molar-refractivity contribution is 7.99. The minimum absolute atomic E-state index is 0.274. The van der Waals surface area contributed by atoms with E-state index in [0.717, 1.165) is 36.7 Å². The van der Waals surface area contributed by atoms with Crippen molar-refractivity contribution in [2.75, 3.05) is 37.7 Å². The average molecular weight is 320 g/mol. The fourth-order valence-corrected chi connectivity index (χ4v) is 3.74. The number of furan rings is 1. The molecule has 1 aliphatic heterocycles. The van der Waals surface area contributed by atoms with E-state index in [1.165, 1.54) is 0 Å². The Labute approximate surface area is 121 Å². The van der Waals surface area contributed by atoms with Gasteiger partial charge in [0.25, 0.3) is 10.0 Å². The first-order valence-corrected chi connectivity index (χ1v) is 8.76. The molecule has 0 saturated carbocycles. The number of hydrogen-bond acceptors (Lipinski definition) is 6. The number of carboxylic acids is 1. The van der Waals surface area contributed by atoms with Gasteiger partial charge in [0.15, 0.2) is 0 Å². The highest BCUT2D eigenvalue weighted by Gasteiger charge is 2.21. The van der Waals surface area contributed by atoms with Crippen LogP contribution in [0.1, 0.15) is 10.6 Å². The topological polar surface area (TPSA) is 99.8 Å². The van der Waals surface area contributed by atoms with Crippen LogP contribution in [0.4, 0.5) is 0 Å². The molecule has 2 rings (SSSR count). The van der Waals surface area contributed by atoms with E-state index in [9.17, 15) is 13.2 Å². The fraction of sp³-hybridized carbons (Fsp3) is 0.545. The fourth-order valence-electron chi connectivity index (χ4n) is 1.81. The van der Waals surface area contributed by atoms with Gasteiger partial charge in [0.05, 0.1) is 0 Å². The molecule has 0 atom stereocenters. The summed E-state index contributed by atoms with van der Waals surface area (Å²) >= 11 is 1.89. The first-order chi connectivity index (χ1) is 9.49. The van der Waals surface area contributed by atoms with Gasteiger partial charge in [-0.3, -0.25) is 0 Å². The van der Waals surface area contributed by atoms with Crippen molar-refractivity contribution in [2.45, 2.75) is 5.09 Å². The lowest BCUT2D eigenvalue weighted by molar-refractivity contribution is 0.0656. The maximum absolute atomic E-state index is 11.9. The normalized spacial score (nSPS) is 17.2. The number of hydrogen-bond donors (Lipinski definition) is 2. The van der Waals surface area contributed by atoms with Crippen LogP contribution in [0, 0.1) is 0 Å². The molecule has 0 aliphatic carbocycles. The van der Waals surface area contributed by atoms with Crippen LogP contribution in [0.25, 0.3) is 0 Å². The molecule has 1 fully saturated rings. The number of rotatable bonds is 6. The second-order valence-corrected chi connectivity index (χ2v) is 7.20. The number of nitrogens with one attached hydrogen (secondary N) is 1. The molecular weight excluding hydrogens is 304 g/mol. The molecule has 112 valence electrons. The second kappa shape index (κ2) is 6.61. The SMILES string of the molecule is O=C(O)c1ccc(S(=O)(=O)NCCN2CCSCC2)o1. The van der Waals surface area contributed by atoms with Crippen molar-refractivity contribution in [3.8, 4) is 0 Å². The van der Waals surface area contributed by atoms with Gasteiger partial charge in [0.2, 0.25) is 10.9 Å². The van der Waals surface area contributed by atoms with Crippen LogP contribution < -0.4 is 4.72 Å². The highest BCUT2D eigenvalue weighted by atomic mass is 32.2. The van der Waals surface area contributed by atoms with E-state index in [4.69, 9.17) is 9.52 Å². The van der Waals surface area contributed by atoms with Crippen molar-refractivity contribution in [3.05, 3.63) is 17.9 Å². The van der Waals surface area contributed by atoms with Gasteiger partial charge in [0.1, 0.15) is 0 Å². The van der Waals surface area contributed by atoms with Crippen LogP contribution in [0.15, 0.2) is 21.6 Å². The lowest BCUT2D eigenvalue weighted by Gasteiger charge is -2.25. The number of carboxylic acid groups (broad SMARTS) is 1. The zero-order chi connectivity index (χ0) is 14.6. The first kappa shape index (κ1) is 15.4. The quantitative estimate of drug-likeness (QED) is 0.778. The summed E-state index contributed by atoms with van der Waals surface area (Å²) in [5.41, 5.74) is 0. The van der Waals surface area contributed by atoms with Crippen molar-refractivity contribution in [2.24, 2.45) is 0 Å². The van der Waals surface area contributed by atoms with Crippen molar-refractivity contribution in [3.63, 3.8) is 0 Å². The number of sulfonamides is 1. The summed E-state index contributed by atoms with van der Waals surface area (Å²) in [7, 11) is -3.79. The smallest absolute Gasteiger partial charge is 0.371 e. The van der Waals surface area contributed by atoms with Gasteiger partial charge < -0.3 is 14.4 Å². The summed E-state index contributed by atoms with van der Waals surface area (Å²) in [5.74, 6) is 0.440. The van der Waals surface area contributed by atoms with E-state index in [1.807, 2.05) is 11.8 Å². The highest BCUT2D eigenvalue weighted by Crippen LogP contribution is 2.13. The monoisotopic (exact) mass is 320 g/mol. The molecule has 1 saturated heterocycles. The van der Waals surface area contributed by atoms with Crippen LogP contribution in [0.2, 0.25) is 0 Å². The molecular formula is C11H16N2O5S2. The van der Waals surface area contributed by atoms with Crippen molar-refractivity contribution in [1.82, 2.24) is 9.62 Å². The van der Waals surface area contributed by atoms with E-state index in [2.05, 4.69) is 9.62 Å². The van der Waals surface area contributed by atoms with Gasteiger partial charge in [-0.25, -0.2) is 17.9 Å². The van der Waals surface area contributed by atoms with Crippen LogP contribution in [-0.2, 0) is 10.0 Å². The van der Waals surface area contributed by atoms with Gasteiger partial charge in [0, 0.05) is 37.7 Å². The Morgan fingerprint density at radius 2 is 2.10 bits per heavy atom. The Morgan fingerprint density at radius 1 is 1.40 bits per heavy atom. The Morgan fingerprint density at radius 3 is 2.70 bits per heavy atom. The zero-order valence-corrected chi connectivity index (χ0v) is 12.4. The number of nitrogens with zero attached hydrogens (tertiary/aromatic N) is 1. The molecule has 1 aliphatic rings. The van der Waals surface area contributed by atoms with E-state index in [0.29, 0.717) is 6.54 Å². The number of thioether (sulfide) groups is 1. The van der Waals surface area contributed by atoms with Gasteiger partial charge in [-0.1, -0.05) is 0 Å². The largest absolute Gasteiger partial charge is 0.475 e. The standard InChI is InChI=1S/C11H16N2O5S2/c14-11(15)9-1-2-10(18-9)20(16,17)12-3-4-13-5-7-19-8-6-13/h1-2,12H,3-8H2,(H,14,15). The molecule has 1 aromatic rings. The first-order valence-electron chi connectivity index (χ1n) is 6.12. The molecule has 0 unspecified atom stereocenters.